The zero-order valence-corrected chi connectivity index (χ0v) is 9.82. The van der Waals surface area contributed by atoms with Gasteiger partial charge >= 0.3 is 5.97 Å². The summed E-state index contributed by atoms with van der Waals surface area (Å²) in [6.45, 7) is 1.74. The minimum Gasteiger partial charge on any atom is -0.480 e. The van der Waals surface area contributed by atoms with Gasteiger partial charge in [0.25, 0.3) is 0 Å². The number of aromatic nitrogens is 2. The smallest absolute Gasteiger partial charge is 0.330 e. The number of hydrogen-bond acceptors (Lipinski definition) is 5. The van der Waals surface area contributed by atoms with Crippen LogP contribution in [0.3, 0.4) is 0 Å². The first-order valence-electron chi connectivity index (χ1n) is 5.56. The Balaban J connectivity index is 2.37. The molecule has 2 rings (SSSR count). The number of aliphatic carboxylic acids is 1. The van der Waals surface area contributed by atoms with Gasteiger partial charge in [-0.1, -0.05) is 31.2 Å². The van der Waals surface area contributed by atoms with E-state index < -0.39 is 12.0 Å². The molecule has 18 heavy (non-hydrogen) atoms. The van der Waals surface area contributed by atoms with Crippen LogP contribution in [0.25, 0.3) is 10.8 Å². The minimum atomic E-state index is -0.991. The Hall–Kier alpha value is -2.37. The summed E-state index contributed by atoms with van der Waals surface area (Å²) < 4.78 is 0. The van der Waals surface area contributed by atoms with Crippen LogP contribution in [0, 0.1) is 0 Å². The van der Waals surface area contributed by atoms with Crippen molar-refractivity contribution in [3.8, 4) is 0 Å². The molecule has 1 N–H and O–H groups in total. The van der Waals surface area contributed by atoms with Crippen LogP contribution in [0.1, 0.15) is 13.3 Å². The summed E-state index contributed by atoms with van der Waals surface area (Å²) in [4.78, 5) is 10.8. The molecule has 1 atom stereocenters. The number of carbonyl (C=O) groups is 1. The molecule has 0 saturated carbocycles. The summed E-state index contributed by atoms with van der Waals surface area (Å²) in [7, 11) is 0. The van der Waals surface area contributed by atoms with Gasteiger partial charge in [-0.05, 0) is 6.42 Å². The molecule has 0 aliphatic heterocycles. The Labute approximate surface area is 103 Å². The summed E-state index contributed by atoms with van der Waals surface area (Å²) >= 11 is 0. The van der Waals surface area contributed by atoms with Crippen LogP contribution in [-0.4, -0.2) is 27.3 Å². The van der Waals surface area contributed by atoms with Gasteiger partial charge in [-0.3, -0.25) is 0 Å². The van der Waals surface area contributed by atoms with Crippen molar-refractivity contribution in [2.24, 2.45) is 10.2 Å². The number of fused-ring (bicyclic) bond motifs is 1. The Morgan fingerprint density at radius 3 is 2.94 bits per heavy atom. The van der Waals surface area contributed by atoms with Crippen molar-refractivity contribution in [3.05, 3.63) is 30.5 Å². The summed E-state index contributed by atoms with van der Waals surface area (Å²) in [5.74, 6) is -0.651. The van der Waals surface area contributed by atoms with Gasteiger partial charge in [-0.2, -0.15) is 10.2 Å². The fourth-order valence-electron chi connectivity index (χ4n) is 1.52. The van der Waals surface area contributed by atoms with Gasteiger partial charge in [0, 0.05) is 10.8 Å². The molecule has 1 heterocycles. The zero-order chi connectivity index (χ0) is 13.0. The fourth-order valence-corrected chi connectivity index (χ4v) is 1.52. The Kier molecular flexibility index (Phi) is 3.57. The third kappa shape index (κ3) is 2.48. The van der Waals surface area contributed by atoms with Crippen molar-refractivity contribution >= 4 is 22.6 Å². The lowest BCUT2D eigenvalue weighted by atomic mass is 10.2. The van der Waals surface area contributed by atoms with Crippen molar-refractivity contribution in [1.29, 1.82) is 0 Å². The molecular weight excluding hydrogens is 232 g/mol. The summed E-state index contributed by atoms with van der Waals surface area (Å²) in [6, 6.07) is 6.64. The lowest BCUT2D eigenvalue weighted by molar-refractivity contribution is -0.138. The molecule has 0 aliphatic rings. The second kappa shape index (κ2) is 5.31. The van der Waals surface area contributed by atoms with Crippen molar-refractivity contribution in [2.75, 3.05) is 0 Å². The van der Waals surface area contributed by atoms with E-state index in [1.165, 1.54) is 0 Å². The number of hydrogen-bond donors (Lipinski definition) is 1. The Morgan fingerprint density at radius 2 is 2.22 bits per heavy atom. The molecule has 92 valence electrons. The van der Waals surface area contributed by atoms with Gasteiger partial charge in [-0.15, -0.1) is 10.2 Å². The molecule has 1 aromatic carbocycles. The third-order valence-corrected chi connectivity index (χ3v) is 2.51. The molecule has 0 amide bonds. The van der Waals surface area contributed by atoms with Gasteiger partial charge in [0.1, 0.15) is 0 Å². The monoisotopic (exact) mass is 244 g/mol. The second-order valence-electron chi connectivity index (χ2n) is 3.73. The van der Waals surface area contributed by atoms with Crippen molar-refractivity contribution in [2.45, 2.75) is 19.4 Å². The van der Waals surface area contributed by atoms with E-state index >= 15 is 0 Å². The van der Waals surface area contributed by atoms with Crippen LogP contribution in [0.2, 0.25) is 0 Å². The quantitative estimate of drug-likeness (QED) is 0.837. The van der Waals surface area contributed by atoms with E-state index in [0.717, 1.165) is 10.8 Å². The predicted octanol–water partition coefficient (Wildman–Crippen LogP) is 2.58. The molecule has 0 radical (unpaired) electrons. The minimum absolute atomic E-state index is 0.341. The molecule has 1 unspecified atom stereocenters. The van der Waals surface area contributed by atoms with Crippen LogP contribution < -0.4 is 0 Å². The summed E-state index contributed by atoms with van der Waals surface area (Å²) in [5, 5.41) is 25.9. The highest BCUT2D eigenvalue weighted by Gasteiger charge is 2.13. The van der Waals surface area contributed by atoms with E-state index in [0.29, 0.717) is 12.2 Å². The normalized spacial score (nSPS) is 12.9. The van der Waals surface area contributed by atoms with Crippen LogP contribution in [0.5, 0.6) is 0 Å². The van der Waals surface area contributed by atoms with Gasteiger partial charge in [0.05, 0.1) is 6.20 Å². The van der Waals surface area contributed by atoms with Crippen molar-refractivity contribution in [1.82, 2.24) is 10.2 Å². The molecule has 6 nitrogen and oxygen atoms in total. The van der Waals surface area contributed by atoms with Gasteiger partial charge in [-0.25, -0.2) is 4.79 Å². The highest BCUT2D eigenvalue weighted by Crippen LogP contribution is 2.22. The average molecular weight is 244 g/mol. The SMILES string of the molecule is CCC(N=Nc1nncc2ccccc12)C(=O)O. The van der Waals surface area contributed by atoms with E-state index in [9.17, 15) is 4.79 Å². The lowest BCUT2D eigenvalue weighted by Gasteiger charge is -2.02. The largest absolute Gasteiger partial charge is 0.480 e. The molecule has 0 aliphatic carbocycles. The van der Waals surface area contributed by atoms with Crippen LogP contribution >= 0.6 is 0 Å². The number of carboxylic acids is 1. The van der Waals surface area contributed by atoms with Crippen molar-refractivity contribution in [3.63, 3.8) is 0 Å². The molecule has 0 spiro atoms. The molecule has 0 saturated heterocycles. The highest BCUT2D eigenvalue weighted by molar-refractivity contribution is 5.89. The summed E-state index contributed by atoms with van der Waals surface area (Å²) in [6.07, 6.45) is 2.01. The number of carboxylic acid groups (broad SMARTS) is 1. The standard InChI is InChI=1S/C12H12N4O2/c1-2-10(12(17)18)14-16-11-9-6-4-3-5-8(9)7-13-15-11/h3-7,10H,2H2,1H3,(H,17,18). The molecule has 6 heteroatoms. The third-order valence-electron chi connectivity index (χ3n) is 2.51. The molecule has 0 fully saturated rings. The van der Waals surface area contributed by atoms with Gasteiger partial charge in [0.15, 0.2) is 6.04 Å². The predicted molar refractivity (Wildman–Crippen MR) is 65.8 cm³/mol. The van der Waals surface area contributed by atoms with Gasteiger partial charge in [0.2, 0.25) is 5.82 Å². The molecular formula is C12H12N4O2. The highest BCUT2D eigenvalue weighted by atomic mass is 16.4. The maximum atomic E-state index is 10.8. The summed E-state index contributed by atoms with van der Waals surface area (Å²) in [5.41, 5.74) is 0. The van der Waals surface area contributed by atoms with Crippen LogP contribution in [-0.2, 0) is 4.79 Å². The van der Waals surface area contributed by atoms with E-state index in [2.05, 4.69) is 20.4 Å². The lowest BCUT2D eigenvalue weighted by Crippen LogP contribution is -2.15. The molecule has 0 bridgehead atoms. The fraction of sp³-hybridized carbons (Fsp3) is 0.250. The first kappa shape index (κ1) is 12.1. The Bertz CT molecular complexity index is 592. The first-order chi connectivity index (χ1) is 8.72. The number of benzene rings is 1. The second-order valence-corrected chi connectivity index (χ2v) is 3.73. The zero-order valence-electron chi connectivity index (χ0n) is 9.82. The van der Waals surface area contributed by atoms with E-state index in [4.69, 9.17) is 5.11 Å². The average Bonchev–Trinajstić information content (AvgIpc) is 2.39. The first-order valence-corrected chi connectivity index (χ1v) is 5.56. The van der Waals surface area contributed by atoms with Crippen LogP contribution in [0.15, 0.2) is 40.7 Å². The topological polar surface area (TPSA) is 87.8 Å². The molecule has 1 aromatic heterocycles. The number of nitrogens with zero attached hydrogens (tertiary/aromatic N) is 4. The van der Waals surface area contributed by atoms with Gasteiger partial charge < -0.3 is 5.11 Å². The van der Waals surface area contributed by atoms with E-state index in [1.807, 2.05) is 24.3 Å². The molecule has 2 aromatic rings. The van der Waals surface area contributed by atoms with E-state index in [-0.39, 0.29) is 0 Å². The van der Waals surface area contributed by atoms with E-state index in [1.54, 1.807) is 13.1 Å². The maximum Gasteiger partial charge on any atom is 0.330 e. The number of rotatable bonds is 4. The Morgan fingerprint density at radius 1 is 1.44 bits per heavy atom. The van der Waals surface area contributed by atoms with Crippen LogP contribution in [0.4, 0.5) is 5.82 Å². The maximum absolute atomic E-state index is 10.8. The van der Waals surface area contributed by atoms with Crippen molar-refractivity contribution < 1.29 is 9.90 Å². The number of azo groups is 1.